The molecule has 3 heterocycles. The van der Waals surface area contributed by atoms with Crippen LogP contribution in [-0.4, -0.2) is 45.9 Å². The highest BCUT2D eigenvalue weighted by atomic mass is 16.5. The fourth-order valence-corrected chi connectivity index (χ4v) is 4.18. The molecule has 1 amide bonds. The Hall–Kier alpha value is -2.15. The van der Waals surface area contributed by atoms with E-state index in [9.17, 15) is 4.79 Å². The number of piperidine rings is 1. The van der Waals surface area contributed by atoms with Crippen molar-refractivity contribution < 1.29 is 9.53 Å². The van der Waals surface area contributed by atoms with Crippen molar-refractivity contribution >= 4 is 16.9 Å². The number of aryl methyl sites for hydroxylation is 1. The lowest BCUT2D eigenvalue weighted by molar-refractivity contribution is 0.0925. The average Bonchev–Trinajstić information content (AvgIpc) is 3.01. The normalized spacial score (nSPS) is 24.1. The lowest BCUT2D eigenvalue weighted by atomic mass is 9.88. The molecule has 2 unspecified atom stereocenters. The summed E-state index contributed by atoms with van der Waals surface area (Å²) in [7, 11) is 1.82. The molecule has 27 heavy (non-hydrogen) atoms. The molecule has 1 saturated carbocycles. The molecule has 2 aliphatic rings. The van der Waals surface area contributed by atoms with Crippen molar-refractivity contribution in [2.24, 2.45) is 13.0 Å². The predicted molar refractivity (Wildman–Crippen MR) is 104 cm³/mol. The Balaban J connectivity index is 1.52. The zero-order chi connectivity index (χ0) is 18.8. The second-order valence-corrected chi connectivity index (χ2v) is 7.91. The minimum Gasteiger partial charge on any atom is -0.474 e. The van der Waals surface area contributed by atoms with Gasteiger partial charge in [-0.25, -0.2) is 4.68 Å². The predicted octanol–water partition coefficient (Wildman–Crippen LogP) is 2.41. The Bertz CT molecular complexity index is 812. The van der Waals surface area contributed by atoms with E-state index in [-0.39, 0.29) is 18.1 Å². The van der Waals surface area contributed by atoms with Crippen LogP contribution in [0.25, 0.3) is 11.0 Å². The zero-order valence-electron chi connectivity index (χ0n) is 16.2. The first-order chi connectivity index (χ1) is 13.1. The quantitative estimate of drug-likeness (QED) is 0.863. The minimum absolute atomic E-state index is 0.121. The van der Waals surface area contributed by atoms with Gasteiger partial charge in [0, 0.05) is 19.2 Å². The number of pyridine rings is 1. The van der Waals surface area contributed by atoms with Gasteiger partial charge in [-0.05, 0) is 57.2 Å². The number of fused-ring (bicyclic) bond motifs is 1. The SMILES string of the molecule is CC1CCCCC1Oc1ccc2c(C(=O)NC3CCNCC3)nn(C)c2n1. The van der Waals surface area contributed by atoms with Crippen molar-refractivity contribution in [2.45, 2.75) is 57.6 Å². The number of carbonyl (C=O) groups is 1. The Morgan fingerprint density at radius 1 is 1.22 bits per heavy atom. The number of aromatic nitrogens is 3. The molecule has 7 heteroatoms. The molecule has 1 aliphatic heterocycles. The maximum absolute atomic E-state index is 12.7. The van der Waals surface area contributed by atoms with Gasteiger partial charge >= 0.3 is 0 Å². The maximum Gasteiger partial charge on any atom is 0.272 e. The summed E-state index contributed by atoms with van der Waals surface area (Å²) >= 11 is 0. The van der Waals surface area contributed by atoms with Crippen molar-refractivity contribution in [3.05, 3.63) is 17.8 Å². The third-order valence-corrected chi connectivity index (χ3v) is 5.86. The molecule has 0 bridgehead atoms. The summed E-state index contributed by atoms with van der Waals surface area (Å²) in [6, 6.07) is 3.99. The number of carbonyl (C=O) groups excluding carboxylic acids is 1. The summed E-state index contributed by atoms with van der Waals surface area (Å²) in [6.07, 6.45) is 6.91. The van der Waals surface area contributed by atoms with Gasteiger partial charge in [-0.15, -0.1) is 0 Å². The highest BCUT2D eigenvalue weighted by Crippen LogP contribution is 2.28. The standard InChI is InChI=1S/C20H29N5O2/c1-13-5-3-4-6-16(13)27-17-8-7-15-18(24-25(2)19(15)23-17)20(26)22-14-9-11-21-12-10-14/h7-8,13-14,16,21H,3-6,9-12H2,1-2H3,(H,22,26). The fourth-order valence-electron chi connectivity index (χ4n) is 4.18. The van der Waals surface area contributed by atoms with E-state index in [0.29, 0.717) is 23.1 Å². The van der Waals surface area contributed by atoms with Crippen LogP contribution < -0.4 is 15.4 Å². The van der Waals surface area contributed by atoms with E-state index in [0.717, 1.165) is 37.7 Å². The molecule has 2 fully saturated rings. The van der Waals surface area contributed by atoms with Gasteiger partial charge in [0.1, 0.15) is 6.10 Å². The molecule has 2 atom stereocenters. The fraction of sp³-hybridized carbons (Fsp3) is 0.650. The Kier molecular flexibility index (Phi) is 5.29. The Morgan fingerprint density at radius 2 is 2.00 bits per heavy atom. The van der Waals surface area contributed by atoms with Crippen molar-refractivity contribution in [3.8, 4) is 5.88 Å². The van der Waals surface area contributed by atoms with Crippen LogP contribution >= 0.6 is 0 Å². The Morgan fingerprint density at radius 3 is 2.78 bits per heavy atom. The lowest BCUT2D eigenvalue weighted by Crippen LogP contribution is -2.42. The molecule has 146 valence electrons. The smallest absolute Gasteiger partial charge is 0.272 e. The second kappa shape index (κ2) is 7.84. The van der Waals surface area contributed by atoms with Gasteiger partial charge in [0.25, 0.3) is 5.91 Å². The van der Waals surface area contributed by atoms with Crippen molar-refractivity contribution in [1.29, 1.82) is 0 Å². The number of ether oxygens (including phenoxy) is 1. The third-order valence-electron chi connectivity index (χ3n) is 5.86. The largest absolute Gasteiger partial charge is 0.474 e. The van der Waals surface area contributed by atoms with E-state index < -0.39 is 0 Å². The summed E-state index contributed by atoms with van der Waals surface area (Å²) in [5, 5.41) is 11.6. The summed E-state index contributed by atoms with van der Waals surface area (Å²) in [6.45, 7) is 4.13. The molecule has 2 aromatic rings. The molecule has 2 N–H and O–H groups in total. The monoisotopic (exact) mass is 371 g/mol. The van der Waals surface area contributed by atoms with Crippen LogP contribution in [0.3, 0.4) is 0 Å². The molecule has 1 aliphatic carbocycles. The average molecular weight is 371 g/mol. The molecule has 0 spiro atoms. The van der Waals surface area contributed by atoms with E-state index in [1.807, 2.05) is 19.2 Å². The van der Waals surface area contributed by atoms with Crippen molar-refractivity contribution in [3.63, 3.8) is 0 Å². The second-order valence-electron chi connectivity index (χ2n) is 7.91. The number of nitrogens with zero attached hydrogens (tertiary/aromatic N) is 3. The number of hydrogen-bond donors (Lipinski definition) is 2. The first-order valence-electron chi connectivity index (χ1n) is 10.1. The molecular weight excluding hydrogens is 342 g/mol. The summed E-state index contributed by atoms with van der Waals surface area (Å²) in [4.78, 5) is 17.4. The summed E-state index contributed by atoms with van der Waals surface area (Å²) in [5.74, 6) is 1.05. The highest BCUT2D eigenvalue weighted by Gasteiger charge is 2.25. The summed E-state index contributed by atoms with van der Waals surface area (Å²) < 4.78 is 7.83. The van der Waals surface area contributed by atoms with E-state index in [4.69, 9.17) is 4.74 Å². The van der Waals surface area contributed by atoms with Crippen LogP contribution in [0.1, 0.15) is 55.9 Å². The molecule has 0 aromatic carbocycles. The van der Waals surface area contributed by atoms with Crippen LogP contribution in [0, 0.1) is 5.92 Å². The van der Waals surface area contributed by atoms with Crippen LogP contribution in [-0.2, 0) is 7.05 Å². The maximum atomic E-state index is 12.7. The van der Waals surface area contributed by atoms with Gasteiger partial charge < -0.3 is 15.4 Å². The summed E-state index contributed by atoms with van der Waals surface area (Å²) in [5.41, 5.74) is 1.13. The van der Waals surface area contributed by atoms with Crippen molar-refractivity contribution in [1.82, 2.24) is 25.4 Å². The van der Waals surface area contributed by atoms with Gasteiger partial charge in [-0.2, -0.15) is 10.1 Å². The topological polar surface area (TPSA) is 81.1 Å². The first kappa shape index (κ1) is 18.2. The van der Waals surface area contributed by atoms with Crippen LogP contribution in [0.15, 0.2) is 12.1 Å². The Labute approximate surface area is 159 Å². The zero-order valence-corrected chi connectivity index (χ0v) is 16.2. The van der Waals surface area contributed by atoms with Gasteiger partial charge in [-0.1, -0.05) is 13.3 Å². The number of rotatable bonds is 4. The van der Waals surface area contributed by atoms with E-state index in [2.05, 4.69) is 27.6 Å². The van der Waals surface area contributed by atoms with Crippen molar-refractivity contribution in [2.75, 3.05) is 13.1 Å². The molecule has 1 saturated heterocycles. The van der Waals surface area contributed by atoms with Gasteiger partial charge in [0.05, 0.1) is 5.39 Å². The van der Waals surface area contributed by atoms with Crippen LogP contribution in [0.5, 0.6) is 5.88 Å². The molecule has 2 aromatic heterocycles. The third kappa shape index (κ3) is 3.93. The highest BCUT2D eigenvalue weighted by molar-refractivity contribution is 6.04. The van der Waals surface area contributed by atoms with Crippen LogP contribution in [0.4, 0.5) is 0 Å². The first-order valence-corrected chi connectivity index (χ1v) is 10.1. The molecule has 7 nitrogen and oxygen atoms in total. The number of hydrogen-bond acceptors (Lipinski definition) is 5. The van der Waals surface area contributed by atoms with Crippen LogP contribution in [0.2, 0.25) is 0 Å². The molecular formula is C20H29N5O2. The molecule has 0 radical (unpaired) electrons. The number of nitrogens with one attached hydrogen (secondary N) is 2. The van der Waals surface area contributed by atoms with E-state index in [1.54, 1.807) is 4.68 Å². The lowest BCUT2D eigenvalue weighted by Gasteiger charge is -2.28. The minimum atomic E-state index is -0.121. The van der Waals surface area contributed by atoms with Gasteiger partial charge in [0.15, 0.2) is 11.3 Å². The van der Waals surface area contributed by atoms with E-state index in [1.165, 1.54) is 19.3 Å². The van der Waals surface area contributed by atoms with Gasteiger partial charge in [0.2, 0.25) is 5.88 Å². The number of amides is 1. The van der Waals surface area contributed by atoms with E-state index >= 15 is 0 Å². The molecule has 4 rings (SSSR count). The van der Waals surface area contributed by atoms with Gasteiger partial charge in [-0.3, -0.25) is 4.79 Å².